The van der Waals surface area contributed by atoms with E-state index in [1.807, 2.05) is 44.2 Å². The minimum atomic E-state index is -3.70. The first-order chi connectivity index (χ1) is 16.1. The van der Waals surface area contributed by atoms with Gasteiger partial charge in [-0.2, -0.15) is 0 Å². The van der Waals surface area contributed by atoms with E-state index in [2.05, 4.69) is 55.1 Å². The molecule has 34 heavy (non-hydrogen) atoms. The largest absolute Gasteiger partial charge is 0.378 e. The number of anilines is 2. The maximum Gasteiger partial charge on any atom is 0.261 e. The molecular formula is C29H32N2O2S. The lowest BCUT2D eigenvalue weighted by atomic mass is 9.75. The molecule has 0 spiro atoms. The summed E-state index contributed by atoms with van der Waals surface area (Å²) in [4.78, 5) is 0.299. The second kappa shape index (κ2) is 8.31. The summed E-state index contributed by atoms with van der Waals surface area (Å²) in [5.74, 6) is 0.551. The zero-order chi connectivity index (χ0) is 24.2. The van der Waals surface area contributed by atoms with Crippen molar-refractivity contribution in [3.05, 3.63) is 99.6 Å². The first-order valence-electron chi connectivity index (χ1n) is 11.9. The number of aryl methyl sites for hydroxylation is 5. The molecule has 5 rings (SSSR count). The molecule has 176 valence electrons. The van der Waals surface area contributed by atoms with Crippen molar-refractivity contribution in [1.82, 2.24) is 0 Å². The van der Waals surface area contributed by atoms with Gasteiger partial charge in [0.1, 0.15) is 0 Å². The number of fused-ring (bicyclic) bond motifs is 3. The third kappa shape index (κ3) is 3.92. The standard InChI is InChI=1S/C29H32N2O2S/c1-17-9-11-26(19(3)13-17)31-34(32,33)22-10-12-27-25(16-22)23-7-6-8-24(23)29(30-27)28-20(4)14-18(2)15-21(28)5/h6-7,9-16,23-24,29-31H,8H2,1-5H3. The van der Waals surface area contributed by atoms with E-state index in [0.717, 1.165) is 28.8 Å². The van der Waals surface area contributed by atoms with Crippen LogP contribution < -0.4 is 10.0 Å². The third-order valence-electron chi connectivity index (χ3n) is 7.32. The van der Waals surface area contributed by atoms with E-state index in [4.69, 9.17) is 0 Å². The number of nitrogens with one attached hydrogen (secondary N) is 2. The third-order valence-corrected chi connectivity index (χ3v) is 8.68. The Balaban J connectivity index is 1.52. The Morgan fingerprint density at radius 3 is 2.26 bits per heavy atom. The Hall–Kier alpha value is -3.05. The number of rotatable bonds is 4. The van der Waals surface area contributed by atoms with Crippen LogP contribution in [0.1, 0.15) is 57.3 Å². The summed E-state index contributed by atoms with van der Waals surface area (Å²) in [6.45, 7) is 10.4. The van der Waals surface area contributed by atoms with Crippen LogP contribution >= 0.6 is 0 Å². The highest BCUT2D eigenvalue weighted by atomic mass is 32.2. The van der Waals surface area contributed by atoms with Crippen LogP contribution in [0.2, 0.25) is 0 Å². The average molecular weight is 473 g/mol. The molecule has 0 saturated heterocycles. The normalized spacial score (nSPS) is 21.0. The van der Waals surface area contributed by atoms with Crippen LogP contribution in [0.5, 0.6) is 0 Å². The van der Waals surface area contributed by atoms with E-state index >= 15 is 0 Å². The SMILES string of the molecule is Cc1ccc(NS(=O)(=O)c2ccc3c(c2)C2C=CCC2C(c2c(C)cc(C)cc2C)N3)c(C)c1. The van der Waals surface area contributed by atoms with Crippen molar-refractivity contribution in [2.45, 2.75) is 57.9 Å². The van der Waals surface area contributed by atoms with Crippen molar-refractivity contribution in [2.75, 3.05) is 10.0 Å². The molecule has 0 amide bonds. The fraction of sp³-hybridized carbons (Fsp3) is 0.310. The Morgan fingerprint density at radius 2 is 1.56 bits per heavy atom. The van der Waals surface area contributed by atoms with E-state index in [1.165, 1.54) is 22.3 Å². The summed E-state index contributed by atoms with van der Waals surface area (Å²) in [5, 5.41) is 3.77. The highest BCUT2D eigenvalue weighted by molar-refractivity contribution is 7.92. The molecule has 0 saturated carbocycles. The number of hydrogen-bond donors (Lipinski definition) is 2. The number of allylic oxidation sites excluding steroid dienone is 2. The van der Waals surface area contributed by atoms with Crippen LogP contribution in [0.3, 0.4) is 0 Å². The van der Waals surface area contributed by atoms with Gasteiger partial charge in [0.25, 0.3) is 10.0 Å². The van der Waals surface area contributed by atoms with Crippen LogP contribution in [0.25, 0.3) is 0 Å². The quantitative estimate of drug-likeness (QED) is 0.408. The predicted octanol–water partition coefficient (Wildman–Crippen LogP) is 6.86. The fourth-order valence-corrected chi connectivity index (χ4v) is 7.00. The van der Waals surface area contributed by atoms with Crippen LogP contribution in [0, 0.1) is 40.5 Å². The van der Waals surface area contributed by atoms with Crippen molar-refractivity contribution in [2.24, 2.45) is 5.92 Å². The van der Waals surface area contributed by atoms with Crippen LogP contribution in [0.15, 0.2) is 65.6 Å². The van der Waals surface area contributed by atoms with E-state index in [9.17, 15) is 8.42 Å². The lowest BCUT2D eigenvalue weighted by Gasteiger charge is -2.39. The van der Waals surface area contributed by atoms with Gasteiger partial charge in [-0.1, -0.05) is 47.5 Å². The summed E-state index contributed by atoms with van der Waals surface area (Å²) in [6.07, 6.45) is 5.48. The van der Waals surface area contributed by atoms with Crippen molar-refractivity contribution < 1.29 is 8.42 Å². The highest BCUT2D eigenvalue weighted by Crippen LogP contribution is 2.51. The van der Waals surface area contributed by atoms with Crippen molar-refractivity contribution in [1.29, 1.82) is 0 Å². The monoisotopic (exact) mass is 472 g/mol. The summed E-state index contributed by atoms with van der Waals surface area (Å²) in [5.41, 5.74) is 9.96. The van der Waals surface area contributed by atoms with E-state index in [-0.39, 0.29) is 12.0 Å². The van der Waals surface area contributed by atoms with Gasteiger partial charge in [0, 0.05) is 11.6 Å². The molecule has 4 nitrogen and oxygen atoms in total. The maximum absolute atomic E-state index is 13.3. The topological polar surface area (TPSA) is 58.2 Å². The molecule has 3 unspecified atom stereocenters. The molecule has 3 atom stereocenters. The van der Waals surface area contributed by atoms with Crippen molar-refractivity contribution in [3.8, 4) is 0 Å². The van der Waals surface area contributed by atoms with Crippen LogP contribution in [-0.2, 0) is 10.0 Å². The van der Waals surface area contributed by atoms with Crippen molar-refractivity contribution in [3.63, 3.8) is 0 Å². The van der Waals surface area contributed by atoms with Gasteiger partial charge in [0.2, 0.25) is 0 Å². The molecule has 1 heterocycles. The van der Waals surface area contributed by atoms with Crippen LogP contribution in [-0.4, -0.2) is 8.42 Å². The zero-order valence-corrected chi connectivity index (χ0v) is 21.3. The summed E-state index contributed by atoms with van der Waals surface area (Å²) in [6, 6.07) is 15.9. The van der Waals surface area contributed by atoms with E-state index in [1.54, 1.807) is 6.07 Å². The molecule has 5 heteroatoms. The van der Waals surface area contributed by atoms with Gasteiger partial charge in [-0.25, -0.2) is 8.42 Å². The van der Waals surface area contributed by atoms with Gasteiger partial charge in [-0.3, -0.25) is 4.72 Å². The van der Waals surface area contributed by atoms with E-state index < -0.39 is 10.0 Å². The molecule has 0 radical (unpaired) electrons. The summed E-state index contributed by atoms with van der Waals surface area (Å²) < 4.78 is 29.3. The minimum Gasteiger partial charge on any atom is -0.378 e. The molecular weight excluding hydrogens is 440 g/mol. The molecule has 2 aliphatic rings. The van der Waals surface area contributed by atoms with Gasteiger partial charge < -0.3 is 5.32 Å². The highest BCUT2D eigenvalue weighted by Gasteiger charge is 2.39. The predicted molar refractivity (Wildman–Crippen MR) is 140 cm³/mol. The molecule has 3 aromatic rings. The van der Waals surface area contributed by atoms with Gasteiger partial charge in [-0.05, 0) is 99.0 Å². The Morgan fingerprint density at radius 1 is 0.853 bits per heavy atom. The smallest absolute Gasteiger partial charge is 0.261 e. The molecule has 0 aromatic heterocycles. The van der Waals surface area contributed by atoms with Gasteiger partial charge in [-0.15, -0.1) is 0 Å². The van der Waals surface area contributed by atoms with Gasteiger partial charge >= 0.3 is 0 Å². The molecule has 1 aliphatic heterocycles. The summed E-state index contributed by atoms with van der Waals surface area (Å²) >= 11 is 0. The second-order valence-corrected chi connectivity index (χ2v) is 11.6. The fourth-order valence-electron chi connectivity index (χ4n) is 5.84. The second-order valence-electron chi connectivity index (χ2n) is 9.96. The lowest BCUT2D eigenvalue weighted by molar-refractivity contribution is 0.422. The maximum atomic E-state index is 13.3. The summed E-state index contributed by atoms with van der Waals surface area (Å²) in [7, 11) is -3.70. The molecule has 3 aromatic carbocycles. The average Bonchev–Trinajstić information content (AvgIpc) is 3.25. The molecule has 0 bridgehead atoms. The molecule has 2 N–H and O–H groups in total. The van der Waals surface area contributed by atoms with Gasteiger partial charge in [0.15, 0.2) is 0 Å². The first-order valence-corrected chi connectivity index (χ1v) is 13.4. The molecule has 1 aliphatic carbocycles. The first kappa shape index (κ1) is 22.7. The number of sulfonamides is 1. The van der Waals surface area contributed by atoms with Crippen molar-refractivity contribution >= 4 is 21.4 Å². The zero-order valence-electron chi connectivity index (χ0n) is 20.4. The Bertz CT molecular complexity index is 1400. The lowest BCUT2D eigenvalue weighted by Crippen LogP contribution is -2.30. The number of benzene rings is 3. The van der Waals surface area contributed by atoms with Crippen LogP contribution in [0.4, 0.5) is 11.4 Å². The Kier molecular flexibility index (Phi) is 5.56. The number of hydrogen-bond acceptors (Lipinski definition) is 3. The van der Waals surface area contributed by atoms with Gasteiger partial charge in [0.05, 0.1) is 16.6 Å². The van der Waals surface area contributed by atoms with E-state index in [0.29, 0.717) is 16.5 Å². The Labute approximate surface area is 203 Å². The minimum absolute atomic E-state index is 0.192. The molecule has 0 fully saturated rings.